The Kier molecular flexibility index (Phi) is 5.71. The number of hydrazone groups is 1. The molecule has 2 N–H and O–H groups in total. The molecular weight excluding hydrogens is 456 g/mol. The van der Waals surface area contributed by atoms with Gasteiger partial charge in [-0.05, 0) is 49.4 Å². The van der Waals surface area contributed by atoms with Crippen LogP contribution in [0.3, 0.4) is 0 Å². The van der Waals surface area contributed by atoms with Crippen LogP contribution in [0.1, 0.15) is 28.8 Å². The number of fused-ring (bicyclic) bond motifs is 4. The topological polar surface area (TPSA) is 84.2 Å². The fourth-order valence-corrected chi connectivity index (χ4v) is 5.95. The van der Waals surface area contributed by atoms with E-state index in [-0.39, 0.29) is 12.5 Å². The summed E-state index contributed by atoms with van der Waals surface area (Å²) in [6.07, 6.45) is 9.98. The van der Waals surface area contributed by atoms with Gasteiger partial charge in [-0.1, -0.05) is 36.4 Å². The van der Waals surface area contributed by atoms with Gasteiger partial charge in [-0.15, -0.1) is 11.3 Å². The third kappa shape index (κ3) is 4.28. The highest BCUT2D eigenvalue weighted by molar-refractivity contribution is 7.19. The minimum absolute atomic E-state index is 0.0795. The van der Waals surface area contributed by atoms with E-state index >= 15 is 0 Å². The standard InChI is InChI=1S/C27H24N6OS/c34-24(31-19-8-2-1-3-9-19)16-33-15-18(20-10-4-6-12-22(20)33)14-30-32-26-25-21-11-5-7-13-23(21)35-27(25)29-17-28-26/h1-4,6,8-10,12,14-15,17H,5,7,11,13,16H2,(H,31,34)(H,28,29,32). The molecule has 6 rings (SSSR count). The van der Waals surface area contributed by atoms with Crippen LogP contribution in [0.25, 0.3) is 21.1 Å². The molecular formula is C27H24N6OS. The SMILES string of the molecule is O=C(Cn1cc(C=NNc2ncnc3sc4c(c23)CCCC4)c2ccccc21)Nc1ccccc1. The smallest absolute Gasteiger partial charge is 0.244 e. The number of nitrogens with zero attached hydrogens (tertiary/aromatic N) is 4. The number of rotatable bonds is 6. The van der Waals surface area contributed by atoms with Gasteiger partial charge >= 0.3 is 0 Å². The molecule has 174 valence electrons. The molecule has 0 saturated heterocycles. The molecule has 0 unspecified atom stereocenters. The highest BCUT2D eigenvalue weighted by Gasteiger charge is 2.19. The van der Waals surface area contributed by atoms with Gasteiger partial charge in [0.25, 0.3) is 0 Å². The second-order valence-electron chi connectivity index (χ2n) is 8.63. The van der Waals surface area contributed by atoms with Gasteiger partial charge in [0.15, 0.2) is 5.82 Å². The minimum atomic E-state index is -0.0795. The van der Waals surface area contributed by atoms with E-state index < -0.39 is 0 Å². The van der Waals surface area contributed by atoms with Crippen LogP contribution in [-0.2, 0) is 24.2 Å². The average molecular weight is 481 g/mol. The van der Waals surface area contributed by atoms with Gasteiger partial charge in [0.2, 0.25) is 5.91 Å². The van der Waals surface area contributed by atoms with Crippen molar-refractivity contribution in [1.82, 2.24) is 14.5 Å². The Morgan fingerprint density at radius 2 is 1.89 bits per heavy atom. The number of hydrogen-bond donors (Lipinski definition) is 2. The van der Waals surface area contributed by atoms with Crippen molar-refractivity contribution in [2.24, 2.45) is 5.10 Å². The molecule has 0 bridgehead atoms. The zero-order chi connectivity index (χ0) is 23.6. The summed E-state index contributed by atoms with van der Waals surface area (Å²) in [5, 5.41) is 9.61. The van der Waals surface area contributed by atoms with Crippen LogP contribution >= 0.6 is 11.3 Å². The first kappa shape index (κ1) is 21.5. The van der Waals surface area contributed by atoms with Crippen molar-refractivity contribution >= 4 is 56.1 Å². The summed E-state index contributed by atoms with van der Waals surface area (Å²) in [7, 11) is 0. The first-order valence-electron chi connectivity index (χ1n) is 11.7. The Bertz CT molecular complexity index is 1550. The van der Waals surface area contributed by atoms with E-state index in [1.54, 1.807) is 23.9 Å². The Morgan fingerprint density at radius 3 is 2.80 bits per heavy atom. The van der Waals surface area contributed by atoms with Gasteiger partial charge in [0.1, 0.15) is 17.7 Å². The van der Waals surface area contributed by atoms with Crippen LogP contribution in [0.5, 0.6) is 0 Å². The number of nitrogens with one attached hydrogen (secondary N) is 2. The summed E-state index contributed by atoms with van der Waals surface area (Å²) in [5.41, 5.74) is 7.22. The molecule has 0 atom stereocenters. The van der Waals surface area contributed by atoms with Crippen LogP contribution in [0.2, 0.25) is 0 Å². The van der Waals surface area contributed by atoms with Gasteiger partial charge in [0, 0.05) is 33.2 Å². The van der Waals surface area contributed by atoms with Crippen molar-refractivity contribution in [3.8, 4) is 0 Å². The Balaban J connectivity index is 1.25. The molecule has 1 aliphatic rings. The van der Waals surface area contributed by atoms with E-state index in [1.165, 1.54) is 23.3 Å². The third-order valence-electron chi connectivity index (χ3n) is 6.32. The zero-order valence-corrected chi connectivity index (χ0v) is 19.9. The highest BCUT2D eigenvalue weighted by atomic mass is 32.1. The predicted octanol–water partition coefficient (Wildman–Crippen LogP) is 5.61. The van der Waals surface area contributed by atoms with Crippen LogP contribution in [0.15, 0.2) is 72.2 Å². The lowest BCUT2D eigenvalue weighted by Crippen LogP contribution is -2.18. The number of anilines is 2. The van der Waals surface area contributed by atoms with E-state index in [1.807, 2.05) is 65.4 Å². The number of hydrogen-bond acceptors (Lipinski definition) is 6. The molecule has 1 aliphatic carbocycles. The molecule has 0 aliphatic heterocycles. The second-order valence-corrected chi connectivity index (χ2v) is 9.71. The van der Waals surface area contributed by atoms with Crippen molar-refractivity contribution in [2.45, 2.75) is 32.2 Å². The molecule has 8 heteroatoms. The predicted molar refractivity (Wildman–Crippen MR) is 142 cm³/mol. The molecule has 3 heterocycles. The van der Waals surface area contributed by atoms with Crippen molar-refractivity contribution in [3.63, 3.8) is 0 Å². The molecule has 1 amide bonds. The number of aryl methyl sites for hydroxylation is 2. The quantitative estimate of drug-likeness (QED) is 0.244. The van der Waals surface area contributed by atoms with E-state index in [0.29, 0.717) is 0 Å². The van der Waals surface area contributed by atoms with E-state index in [9.17, 15) is 4.79 Å². The third-order valence-corrected chi connectivity index (χ3v) is 7.52. The Labute approximate surface area is 206 Å². The summed E-state index contributed by atoms with van der Waals surface area (Å²) >= 11 is 1.77. The van der Waals surface area contributed by atoms with Gasteiger partial charge in [0.05, 0.1) is 11.6 Å². The maximum absolute atomic E-state index is 12.7. The number of amides is 1. The van der Waals surface area contributed by atoms with Crippen LogP contribution in [-0.4, -0.2) is 26.7 Å². The lowest BCUT2D eigenvalue weighted by molar-refractivity contribution is -0.116. The number of carbonyl (C=O) groups excluding carboxylic acids is 1. The minimum Gasteiger partial charge on any atom is -0.337 e. The molecule has 0 spiro atoms. The van der Waals surface area contributed by atoms with Crippen molar-refractivity contribution in [3.05, 3.63) is 83.1 Å². The van der Waals surface area contributed by atoms with Gasteiger partial charge in [-0.2, -0.15) is 5.10 Å². The largest absolute Gasteiger partial charge is 0.337 e. The summed E-state index contributed by atoms with van der Waals surface area (Å²) in [6, 6.07) is 17.5. The van der Waals surface area contributed by atoms with Crippen LogP contribution in [0, 0.1) is 0 Å². The molecule has 3 aromatic heterocycles. The highest BCUT2D eigenvalue weighted by Crippen LogP contribution is 2.38. The molecule has 7 nitrogen and oxygen atoms in total. The number of benzene rings is 2. The number of carbonyl (C=O) groups is 1. The van der Waals surface area contributed by atoms with Crippen molar-refractivity contribution in [2.75, 3.05) is 10.7 Å². The van der Waals surface area contributed by atoms with Crippen LogP contribution in [0.4, 0.5) is 11.5 Å². The Morgan fingerprint density at radius 1 is 1.06 bits per heavy atom. The second kappa shape index (κ2) is 9.31. The lowest BCUT2D eigenvalue weighted by atomic mass is 9.97. The van der Waals surface area contributed by atoms with Gasteiger partial charge in [-0.25, -0.2) is 9.97 Å². The molecule has 0 radical (unpaired) electrons. The lowest BCUT2D eigenvalue weighted by Gasteiger charge is -2.11. The zero-order valence-electron chi connectivity index (χ0n) is 19.1. The van der Waals surface area contributed by atoms with E-state index in [0.717, 1.165) is 51.0 Å². The summed E-state index contributed by atoms with van der Waals surface area (Å²) in [6.45, 7) is 0.213. The molecule has 2 aromatic carbocycles. The van der Waals surface area contributed by atoms with Crippen LogP contribution < -0.4 is 10.7 Å². The van der Waals surface area contributed by atoms with Crippen molar-refractivity contribution in [1.29, 1.82) is 0 Å². The average Bonchev–Trinajstić information content (AvgIpc) is 3.43. The Hall–Kier alpha value is -4.04. The first-order valence-corrected chi connectivity index (χ1v) is 12.5. The van der Waals surface area contributed by atoms with Gasteiger partial charge < -0.3 is 9.88 Å². The fraction of sp³-hybridized carbons (Fsp3) is 0.185. The summed E-state index contributed by atoms with van der Waals surface area (Å²) in [5.74, 6) is 0.667. The number of thiophene rings is 1. The maximum atomic E-state index is 12.7. The van der Waals surface area contributed by atoms with E-state index in [4.69, 9.17) is 0 Å². The van der Waals surface area contributed by atoms with Gasteiger partial charge in [-0.3, -0.25) is 10.2 Å². The number of para-hydroxylation sites is 2. The number of aromatic nitrogens is 3. The molecule has 35 heavy (non-hydrogen) atoms. The maximum Gasteiger partial charge on any atom is 0.244 e. The first-order chi connectivity index (χ1) is 17.3. The molecule has 5 aromatic rings. The monoisotopic (exact) mass is 480 g/mol. The summed E-state index contributed by atoms with van der Waals surface area (Å²) in [4.78, 5) is 24.1. The summed E-state index contributed by atoms with van der Waals surface area (Å²) < 4.78 is 1.95. The fourth-order valence-electron chi connectivity index (χ4n) is 4.72. The van der Waals surface area contributed by atoms with Crippen molar-refractivity contribution < 1.29 is 4.79 Å². The molecule has 0 saturated carbocycles. The van der Waals surface area contributed by atoms with E-state index in [2.05, 4.69) is 25.8 Å². The molecule has 0 fully saturated rings. The normalized spacial score (nSPS) is 13.4.